The highest BCUT2D eigenvalue weighted by molar-refractivity contribution is 7.89. The lowest BCUT2D eigenvalue weighted by Gasteiger charge is -2.19. The van der Waals surface area contributed by atoms with Crippen molar-refractivity contribution in [1.82, 2.24) is 4.72 Å². The summed E-state index contributed by atoms with van der Waals surface area (Å²) in [5, 5.41) is 0. The molecule has 0 aliphatic heterocycles. The van der Waals surface area contributed by atoms with Crippen LogP contribution in [-0.2, 0) is 10.0 Å². The van der Waals surface area contributed by atoms with Gasteiger partial charge in [-0.3, -0.25) is 0 Å². The second-order valence-corrected chi connectivity index (χ2v) is 6.97. The Kier molecular flexibility index (Phi) is 5.38. The standard InChI is InChI=1S/C17H20FNO3S/c1-4-15(13-7-5-12(2)6-8-13)19-23(20,21)17-11-14(18)9-10-16(17)22-3/h5-11,15,19H,4H2,1-3H3. The number of rotatable bonds is 6. The van der Waals surface area contributed by atoms with Crippen LogP contribution in [0.2, 0.25) is 0 Å². The normalized spacial score (nSPS) is 12.9. The molecule has 23 heavy (non-hydrogen) atoms. The molecular weight excluding hydrogens is 317 g/mol. The maximum absolute atomic E-state index is 13.5. The van der Waals surface area contributed by atoms with Gasteiger partial charge >= 0.3 is 0 Å². The van der Waals surface area contributed by atoms with Crippen LogP contribution < -0.4 is 9.46 Å². The van der Waals surface area contributed by atoms with Gasteiger partial charge < -0.3 is 4.74 Å². The fraction of sp³-hybridized carbons (Fsp3) is 0.294. The van der Waals surface area contributed by atoms with Crippen molar-refractivity contribution < 1.29 is 17.5 Å². The molecule has 0 heterocycles. The minimum Gasteiger partial charge on any atom is -0.495 e. The molecule has 2 aromatic rings. The summed E-state index contributed by atoms with van der Waals surface area (Å²) >= 11 is 0. The van der Waals surface area contributed by atoms with Crippen molar-refractivity contribution in [3.8, 4) is 5.75 Å². The molecule has 6 heteroatoms. The number of benzene rings is 2. The zero-order chi connectivity index (χ0) is 17.0. The van der Waals surface area contributed by atoms with E-state index in [0.29, 0.717) is 6.42 Å². The quantitative estimate of drug-likeness (QED) is 0.877. The lowest BCUT2D eigenvalue weighted by atomic mass is 10.0. The Morgan fingerprint density at radius 2 is 1.83 bits per heavy atom. The summed E-state index contributed by atoms with van der Waals surface area (Å²) in [6.45, 7) is 3.85. The van der Waals surface area contributed by atoms with E-state index in [-0.39, 0.29) is 10.6 Å². The number of ether oxygens (including phenoxy) is 1. The highest BCUT2D eigenvalue weighted by Crippen LogP contribution is 2.27. The van der Waals surface area contributed by atoms with Crippen molar-refractivity contribution in [3.05, 3.63) is 59.4 Å². The van der Waals surface area contributed by atoms with Gasteiger partial charge in [-0.2, -0.15) is 0 Å². The molecule has 0 spiro atoms. The van der Waals surface area contributed by atoms with Crippen LogP contribution in [0.5, 0.6) is 5.75 Å². The average molecular weight is 337 g/mol. The van der Waals surface area contributed by atoms with E-state index in [9.17, 15) is 12.8 Å². The van der Waals surface area contributed by atoms with E-state index in [0.717, 1.165) is 23.3 Å². The Bertz CT molecular complexity index is 773. The third-order valence-corrected chi connectivity index (χ3v) is 5.09. The largest absolute Gasteiger partial charge is 0.495 e. The number of halogens is 1. The van der Waals surface area contributed by atoms with Gasteiger partial charge in [0.05, 0.1) is 7.11 Å². The zero-order valence-electron chi connectivity index (χ0n) is 13.3. The highest BCUT2D eigenvalue weighted by Gasteiger charge is 2.24. The number of nitrogens with one attached hydrogen (secondary N) is 1. The summed E-state index contributed by atoms with van der Waals surface area (Å²) in [5.74, 6) is -0.521. The molecule has 0 amide bonds. The number of methoxy groups -OCH3 is 1. The van der Waals surface area contributed by atoms with E-state index < -0.39 is 21.9 Å². The van der Waals surface area contributed by atoms with Gasteiger partial charge in [0.1, 0.15) is 16.5 Å². The van der Waals surface area contributed by atoms with Crippen LogP contribution >= 0.6 is 0 Å². The van der Waals surface area contributed by atoms with Crippen LogP contribution in [0.3, 0.4) is 0 Å². The number of aryl methyl sites for hydroxylation is 1. The Labute approximate surface area is 136 Å². The fourth-order valence-corrected chi connectivity index (χ4v) is 3.79. The molecule has 0 aromatic heterocycles. The molecule has 0 aliphatic rings. The van der Waals surface area contributed by atoms with Gasteiger partial charge in [0.2, 0.25) is 10.0 Å². The number of hydrogen-bond donors (Lipinski definition) is 1. The van der Waals surface area contributed by atoms with Crippen LogP contribution in [-0.4, -0.2) is 15.5 Å². The van der Waals surface area contributed by atoms with Crippen LogP contribution in [0, 0.1) is 12.7 Å². The van der Waals surface area contributed by atoms with Gasteiger partial charge in [-0.1, -0.05) is 36.8 Å². The predicted molar refractivity (Wildman–Crippen MR) is 87.5 cm³/mol. The molecule has 1 N–H and O–H groups in total. The molecule has 0 saturated heterocycles. The Morgan fingerprint density at radius 1 is 1.17 bits per heavy atom. The Balaban J connectivity index is 2.36. The number of hydrogen-bond acceptors (Lipinski definition) is 3. The highest BCUT2D eigenvalue weighted by atomic mass is 32.2. The van der Waals surface area contributed by atoms with Gasteiger partial charge in [-0.25, -0.2) is 17.5 Å². The van der Waals surface area contributed by atoms with Gasteiger partial charge in [0.15, 0.2) is 0 Å². The molecule has 0 fully saturated rings. The SMILES string of the molecule is CCC(NS(=O)(=O)c1cc(F)ccc1OC)c1ccc(C)cc1. The number of sulfonamides is 1. The molecular formula is C17H20FNO3S. The third kappa shape index (κ3) is 4.09. The molecule has 0 saturated carbocycles. The summed E-state index contributed by atoms with van der Waals surface area (Å²) in [4.78, 5) is -0.203. The summed E-state index contributed by atoms with van der Waals surface area (Å²) in [6, 6.07) is 10.6. The van der Waals surface area contributed by atoms with Crippen molar-refractivity contribution in [1.29, 1.82) is 0 Å². The Morgan fingerprint density at radius 3 is 2.39 bits per heavy atom. The van der Waals surface area contributed by atoms with Gasteiger partial charge in [-0.15, -0.1) is 0 Å². The third-order valence-electron chi connectivity index (χ3n) is 3.60. The maximum atomic E-state index is 13.5. The average Bonchev–Trinajstić information content (AvgIpc) is 2.53. The smallest absolute Gasteiger partial charge is 0.244 e. The second kappa shape index (κ2) is 7.10. The first kappa shape index (κ1) is 17.4. The van der Waals surface area contributed by atoms with Crippen LogP contribution in [0.1, 0.15) is 30.5 Å². The van der Waals surface area contributed by atoms with Crippen molar-refractivity contribution in [2.24, 2.45) is 0 Å². The lowest BCUT2D eigenvalue weighted by molar-refractivity contribution is 0.400. The summed E-state index contributed by atoms with van der Waals surface area (Å²) in [5.41, 5.74) is 1.95. The van der Waals surface area contributed by atoms with Gasteiger partial charge in [0.25, 0.3) is 0 Å². The van der Waals surface area contributed by atoms with Gasteiger partial charge in [-0.05, 0) is 37.1 Å². The molecule has 124 valence electrons. The van der Waals surface area contributed by atoms with Crippen molar-refractivity contribution in [2.75, 3.05) is 7.11 Å². The molecule has 0 aliphatic carbocycles. The molecule has 0 bridgehead atoms. The molecule has 0 radical (unpaired) electrons. The summed E-state index contributed by atoms with van der Waals surface area (Å²) in [7, 11) is -2.56. The van der Waals surface area contributed by atoms with Crippen LogP contribution in [0.25, 0.3) is 0 Å². The fourth-order valence-electron chi connectivity index (χ4n) is 2.30. The first-order valence-corrected chi connectivity index (χ1v) is 8.78. The van der Waals surface area contributed by atoms with Crippen LogP contribution in [0.15, 0.2) is 47.4 Å². The molecule has 1 unspecified atom stereocenters. The second-order valence-electron chi connectivity index (χ2n) is 5.29. The van der Waals surface area contributed by atoms with Crippen molar-refractivity contribution >= 4 is 10.0 Å². The summed E-state index contributed by atoms with van der Waals surface area (Å²) < 4.78 is 46.3. The van der Waals surface area contributed by atoms with Crippen LogP contribution in [0.4, 0.5) is 4.39 Å². The minimum atomic E-state index is -3.91. The molecule has 4 nitrogen and oxygen atoms in total. The molecule has 2 aromatic carbocycles. The topological polar surface area (TPSA) is 55.4 Å². The monoisotopic (exact) mass is 337 g/mol. The summed E-state index contributed by atoms with van der Waals surface area (Å²) in [6.07, 6.45) is 0.569. The molecule has 2 rings (SSSR count). The first-order valence-electron chi connectivity index (χ1n) is 7.30. The van der Waals surface area contributed by atoms with E-state index in [1.807, 2.05) is 38.1 Å². The lowest BCUT2D eigenvalue weighted by Crippen LogP contribution is -2.28. The Hall–Kier alpha value is -1.92. The van der Waals surface area contributed by atoms with E-state index in [1.165, 1.54) is 13.2 Å². The van der Waals surface area contributed by atoms with E-state index >= 15 is 0 Å². The van der Waals surface area contributed by atoms with E-state index in [4.69, 9.17) is 4.74 Å². The van der Waals surface area contributed by atoms with Gasteiger partial charge in [0, 0.05) is 6.04 Å². The van der Waals surface area contributed by atoms with E-state index in [1.54, 1.807) is 0 Å². The van der Waals surface area contributed by atoms with Crippen molar-refractivity contribution in [3.63, 3.8) is 0 Å². The predicted octanol–water partition coefficient (Wildman–Crippen LogP) is 3.57. The molecule has 1 atom stereocenters. The zero-order valence-corrected chi connectivity index (χ0v) is 14.2. The first-order chi connectivity index (χ1) is 10.9. The minimum absolute atomic E-state index is 0.109. The van der Waals surface area contributed by atoms with Crippen molar-refractivity contribution in [2.45, 2.75) is 31.2 Å². The maximum Gasteiger partial charge on any atom is 0.244 e. The van der Waals surface area contributed by atoms with E-state index in [2.05, 4.69) is 4.72 Å².